The van der Waals surface area contributed by atoms with E-state index in [-0.39, 0.29) is 6.04 Å². The Morgan fingerprint density at radius 3 is 2.84 bits per heavy atom. The van der Waals surface area contributed by atoms with Crippen LogP contribution < -0.4 is 11.1 Å². The van der Waals surface area contributed by atoms with Crippen molar-refractivity contribution in [2.75, 3.05) is 0 Å². The third-order valence-corrected chi connectivity index (χ3v) is 2.96. The minimum Gasteiger partial charge on any atom is -0.366 e. The van der Waals surface area contributed by atoms with Gasteiger partial charge in [0.25, 0.3) is 0 Å². The molecular formula is C15H17N3O. The fraction of sp³-hybridized carbons (Fsp3) is 0.200. The number of hydrogen-bond donors (Lipinski definition) is 2. The van der Waals surface area contributed by atoms with Crippen LogP contribution in [0.15, 0.2) is 48.7 Å². The minimum atomic E-state index is -0.403. The zero-order valence-electron chi connectivity index (χ0n) is 10.8. The molecule has 0 radical (unpaired) electrons. The van der Waals surface area contributed by atoms with Gasteiger partial charge in [-0.15, -0.1) is 0 Å². The molecule has 0 aliphatic heterocycles. The predicted octanol–water partition coefficient (Wildman–Crippen LogP) is 2.03. The number of carbonyl (C=O) groups is 1. The quantitative estimate of drug-likeness (QED) is 0.859. The van der Waals surface area contributed by atoms with Crippen molar-refractivity contribution in [2.24, 2.45) is 5.73 Å². The average molecular weight is 255 g/mol. The van der Waals surface area contributed by atoms with Crippen molar-refractivity contribution >= 4 is 5.91 Å². The zero-order valence-corrected chi connectivity index (χ0v) is 10.8. The third-order valence-electron chi connectivity index (χ3n) is 2.96. The summed E-state index contributed by atoms with van der Waals surface area (Å²) in [5.41, 5.74) is 7.81. The van der Waals surface area contributed by atoms with Gasteiger partial charge in [0.15, 0.2) is 0 Å². The van der Waals surface area contributed by atoms with Gasteiger partial charge in [0.05, 0.1) is 5.69 Å². The maximum absolute atomic E-state index is 11.1. The van der Waals surface area contributed by atoms with Gasteiger partial charge in [-0.05, 0) is 36.8 Å². The van der Waals surface area contributed by atoms with Crippen molar-refractivity contribution in [3.05, 3.63) is 65.5 Å². The summed E-state index contributed by atoms with van der Waals surface area (Å²) in [6.07, 6.45) is 1.78. The van der Waals surface area contributed by atoms with E-state index in [2.05, 4.69) is 17.2 Å². The zero-order chi connectivity index (χ0) is 13.7. The van der Waals surface area contributed by atoms with Gasteiger partial charge < -0.3 is 11.1 Å². The normalized spacial score (nSPS) is 12.1. The van der Waals surface area contributed by atoms with Crippen LogP contribution >= 0.6 is 0 Å². The molecule has 2 aromatic rings. The van der Waals surface area contributed by atoms with E-state index in [0.29, 0.717) is 12.1 Å². The summed E-state index contributed by atoms with van der Waals surface area (Å²) < 4.78 is 0. The number of pyridine rings is 1. The largest absolute Gasteiger partial charge is 0.366 e. The van der Waals surface area contributed by atoms with Crippen molar-refractivity contribution in [3.63, 3.8) is 0 Å². The Morgan fingerprint density at radius 2 is 2.16 bits per heavy atom. The van der Waals surface area contributed by atoms with E-state index in [1.807, 2.05) is 30.3 Å². The van der Waals surface area contributed by atoms with E-state index >= 15 is 0 Å². The van der Waals surface area contributed by atoms with Gasteiger partial charge in [-0.1, -0.05) is 18.2 Å². The Bertz CT molecular complexity index is 554. The Balaban J connectivity index is 1.99. The van der Waals surface area contributed by atoms with Crippen LogP contribution in [0, 0.1) is 0 Å². The van der Waals surface area contributed by atoms with E-state index < -0.39 is 5.91 Å². The van der Waals surface area contributed by atoms with Crippen LogP contribution in [-0.4, -0.2) is 10.9 Å². The molecule has 0 saturated heterocycles. The Morgan fingerprint density at radius 1 is 1.32 bits per heavy atom. The van der Waals surface area contributed by atoms with Crippen LogP contribution in [0.1, 0.15) is 34.6 Å². The van der Waals surface area contributed by atoms with Crippen molar-refractivity contribution in [2.45, 2.75) is 19.5 Å². The van der Waals surface area contributed by atoms with E-state index in [4.69, 9.17) is 5.73 Å². The minimum absolute atomic E-state index is 0.151. The number of primary amides is 1. The van der Waals surface area contributed by atoms with Crippen LogP contribution in [0.2, 0.25) is 0 Å². The van der Waals surface area contributed by atoms with Gasteiger partial charge in [0, 0.05) is 24.3 Å². The molecule has 2 rings (SSSR count). The first-order valence-corrected chi connectivity index (χ1v) is 6.20. The molecule has 3 N–H and O–H groups in total. The molecule has 0 unspecified atom stereocenters. The molecule has 1 amide bonds. The van der Waals surface area contributed by atoms with Crippen LogP contribution in [0.3, 0.4) is 0 Å². The summed E-state index contributed by atoms with van der Waals surface area (Å²) >= 11 is 0. The lowest BCUT2D eigenvalue weighted by Gasteiger charge is -2.13. The van der Waals surface area contributed by atoms with Gasteiger partial charge in [0.2, 0.25) is 5.91 Å². The summed E-state index contributed by atoms with van der Waals surface area (Å²) in [6.45, 7) is 2.72. The molecule has 1 aromatic heterocycles. The van der Waals surface area contributed by atoms with Crippen molar-refractivity contribution in [3.8, 4) is 0 Å². The first-order valence-electron chi connectivity index (χ1n) is 6.20. The second-order valence-electron chi connectivity index (χ2n) is 4.42. The number of amides is 1. The SMILES string of the molecule is C[C@H](NCc1cccc(C(N)=O)c1)c1ccccn1. The molecule has 0 saturated carbocycles. The highest BCUT2D eigenvalue weighted by Crippen LogP contribution is 2.10. The molecule has 98 valence electrons. The Labute approximate surface area is 112 Å². The standard InChI is InChI=1S/C15H17N3O/c1-11(14-7-2-3-8-17-14)18-10-12-5-4-6-13(9-12)15(16)19/h2-9,11,18H,10H2,1H3,(H2,16,19)/t11-/m0/s1. The number of carbonyl (C=O) groups excluding carboxylic acids is 1. The number of nitrogens with two attached hydrogens (primary N) is 1. The van der Waals surface area contributed by atoms with Gasteiger partial charge in [0.1, 0.15) is 0 Å². The average Bonchev–Trinajstić information content (AvgIpc) is 2.46. The first kappa shape index (κ1) is 13.2. The highest BCUT2D eigenvalue weighted by Gasteiger charge is 2.06. The number of rotatable bonds is 5. The number of benzene rings is 1. The third kappa shape index (κ3) is 3.63. The fourth-order valence-corrected chi connectivity index (χ4v) is 1.84. The van der Waals surface area contributed by atoms with Crippen molar-refractivity contribution in [1.82, 2.24) is 10.3 Å². The Hall–Kier alpha value is -2.20. The van der Waals surface area contributed by atoms with Crippen LogP contribution in [-0.2, 0) is 6.54 Å². The molecule has 1 atom stereocenters. The molecule has 4 nitrogen and oxygen atoms in total. The Kier molecular flexibility index (Phi) is 4.26. The lowest BCUT2D eigenvalue weighted by atomic mass is 10.1. The number of nitrogens with one attached hydrogen (secondary N) is 1. The fourth-order valence-electron chi connectivity index (χ4n) is 1.84. The second kappa shape index (κ2) is 6.11. The van der Waals surface area contributed by atoms with Crippen LogP contribution in [0.25, 0.3) is 0 Å². The van der Waals surface area contributed by atoms with E-state index in [1.54, 1.807) is 18.3 Å². The summed E-state index contributed by atoms with van der Waals surface area (Å²) in [7, 11) is 0. The monoisotopic (exact) mass is 255 g/mol. The first-order chi connectivity index (χ1) is 9.16. The maximum atomic E-state index is 11.1. The van der Waals surface area contributed by atoms with Gasteiger partial charge >= 0.3 is 0 Å². The molecule has 0 aliphatic rings. The molecule has 0 aliphatic carbocycles. The summed E-state index contributed by atoms with van der Waals surface area (Å²) in [4.78, 5) is 15.4. The van der Waals surface area contributed by atoms with E-state index in [9.17, 15) is 4.79 Å². The maximum Gasteiger partial charge on any atom is 0.248 e. The van der Waals surface area contributed by atoms with Gasteiger partial charge in [-0.3, -0.25) is 9.78 Å². The molecule has 0 fully saturated rings. The molecule has 1 heterocycles. The van der Waals surface area contributed by atoms with Crippen LogP contribution in [0.5, 0.6) is 0 Å². The molecule has 0 spiro atoms. The molecule has 0 bridgehead atoms. The summed E-state index contributed by atoms with van der Waals surface area (Å²) in [5, 5.41) is 3.37. The van der Waals surface area contributed by atoms with E-state index in [1.165, 1.54) is 0 Å². The van der Waals surface area contributed by atoms with Gasteiger partial charge in [-0.25, -0.2) is 0 Å². The van der Waals surface area contributed by atoms with Crippen molar-refractivity contribution < 1.29 is 4.79 Å². The topological polar surface area (TPSA) is 68.0 Å². The smallest absolute Gasteiger partial charge is 0.248 e. The molecular weight excluding hydrogens is 238 g/mol. The van der Waals surface area contributed by atoms with E-state index in [0.717, 1.165) is 11.3 Å². The highest BCUT2D eigenvalue weighted by atomic mass is 16.1. The molecule has 19 heavy (non-hydrogen) atoms. The highest BCUT2D eigenvalue weighted by molar-refractivity contribution is 5.92. The molecule has 4 heteroatoms. The summed E-state index contributed by atoms with van der Waals surface area (Å²) in [6, 6.07) is 13.3. The van der Waals surface area contributed by atoms with Crippen LogP contribution in [0.4, 0.5) is 0 Å². The number of hydrogen-bond acceptors (Lipinski definition) is 3. The number of aromatic nitrogens is 1. The summed E-state index contributed by atoms with van der Waals surface area (Å²) in [5.74, 6) is -0.403. The second-order valence-corrected chi connectivity index (χ2v) is 4.42. The number of nitrogens with zero attached hydrogens (tertiary/aromatic N) is 1. The lowest BCUT2D eigenvalue weighted by Crippen LogP contribution is -2.19. The molecule has 1 aromatic carbocycles. The predicted molar refractivity (Wildman–Crippen MR) is 74.5 cm³/mol. The van der Waals surface area contributed by atoms with Crippen molar-refractivity contribution in [1.29, 1.82) is 0 Å². The van der Waals surface area contributed by atoms with Gasteiger partial charge in [-0.2, -0.15) is 0 Å². The lowest BCUT2D eigenvalue weighted by molar-refractivity contribution is 0.1000.